The SMILES string of the molecule is CN(c1ccc2c([O-])c(N=Nc3ccc4c(S(=O)(=O)[O-])cccc4c3S(=O)(=O)O)c(S(=O)(=O)[O-])cc2c1)c1nc(Cl)[nH]c(=O)n1.[Na+].[Na+].[Na+]. The van der Waals surface area contributed by atoms with Gasteiger partial charge in [0.05, 0.1) is 15.5 Å². The van der Waals surface area contributed by atoms with Crippen LogP contribution in [-0.4, -0.2) is 60.9 Å². The molecule has 0 atom stereocenters. The second kappa shape index (κ2) is 15.8. The number of aromatic nitrogens is 3. The van der Waals surface area contributed by atoms with Gasteiger partial charge < -0.3 is 19.1 Å². The van der Waals surface area contributed by atoms with Crippen LogP contribution in [0, 0.1) is 0 Å². The number of fused-ring (bicyclic) bond motifs is 2. The molecule has 4 aromatic carbocycles. The number of hydrogen-bond acceptors (Lipinski definition) is 15. The number of H-pyrrole nitrogens is 1. The van der Waals surface area contributed by atoms with E-state index in [1.165, 1.54) is 30.1 Å². The van der Waals surface area contributed by atoms with Crippen molar-refractivity contribution < 1.29 is 133 Å². The molecule has 0 radical (unpaired) electrons. The maximum atomic E-state index is 13.4. The smallest absolute Gasteiger partial charge is 0.871 e. The molecule has 0 spiro atoms. The summed E-state index contributed by atoms with van der Waals surface area (Å²) in [5.41, 5.74) is -2.26. The summed E-state index contributed by atoms with van der Waals surface area (Å²) in [5.74, 6) is -1.26. The molecular weight excluding hydrogens is 749 g/mol. The first-order valence-electron chi connectivity index (χ1n) is 11.9. The monoisotopic (exact) mass is 762 g/mol. The minimum Gasteiger partial charge on any atom is -0.871 e. The van der Waals surface area contributed by atoms with Crippen LogP contribution in [-0.2, 0) is 30.4 Å². The van der Waals surface area contributed by atoms with E-state index in [1.807, 2.05) is 0 Å². The molecule has 5 aromatic rings. The fraction of sp³-hybridized carbons (Fsp3) is 0.0417. The number of azo groups is 1. The van der Waals surface area contributed by atoms with Gasteiger partial charge in [0.15, 0.2) is 0 Å². The van der Waals surface area contributed by atoms with Crippen molar-refractivity contribution in [3.05, 3.63) is 70.4 Å². The number of hydrogen-bond donors (Lipinski definition) is 2. The van der Waals surface area contributed by atoms with Gasteiger partial charge in [-0.05, 0) is 52.7 Å². The second-order valence-electron chi connectivity index (χ2n) is 9.11. The normalized spacial score (nSPS) is 11.9. The van der Waals surface area contributed by atoms with E-state index in [-0.39, 0.29) is 122 Å². The Balaban J connectivity index is 0.00000267. The molecule has 0 fully saturated rings. The molecule has 0 bridgehead atoms. The Labute approximate surface area is 343 Å². The Kier molecular flexibility index (Phi) is 14.0. The van der Waals surface area contributed by atoms with Crippen molar-refractivity contribution in [1.29, 1.82) is 0 Å². The fourth-order valence-electron chi connectivity index (χ4n) is 4.39. The predicted octanol–water partition coefficient (Wildman–Crippen LogP) is -6.55. The molecule has 0 amide bonds. The van der Waals surface area contributed by atoms with E-state index in [1.54, 1.807) is 0 Å². The van der Waals surface area contributed by atoms with Crippen molar-refractivity contribution in [3.8, 4) is 5.75 Å². The van der Waals surface area contributed by atoms with Gasteiger partial charge in [-0.3, -0.25) is 9.54 Å². The Hall–Kier alpha value is -1.57. The van der Waals surface area contributed by atoms with Crippen molar-refractivity contribution in [2.24, 2.45) is 10.2 Å². The molecule has 48 heavy (non-hydrogen) atoms. The van der Waals surface area contributed by atoms with Gasteiger partial charge in [0.1, 0.15) is 30.8 Å². The summed E-state index contributed by atoms with van der Waals surface area (Å²) in [6.45, 7) is 0. The fourth-order valence-corrected chi connectivity index (χ4v) is 6.71. The van der Waals surface area contributed by atoms with E-state index >= 15 is 0 Å². The van der Waals surface area contributed by atoms with E-state index in [2.05, 4.69) is 25.2 Å². The van der Waals surface area contributed by atoms with E-state index < -0.39 is 73.2 Å². The number of nitrogens with zero attached hydrogens (tertiary/aromatic N) is 5. The summed E-state index contributed by atoms with van der Waals surface area (Å²) in [4.78, 5) is 19.7. The third-order valence-corrected chi connectivity index (χ3v) is 9.19. The van der Waals surface area contributed by atoms with Gasteiger partial charge in [-0.15, -0.1) is 10.2 Å². The average molecular weight is 763 g/mol. The quantitative estimate of drug-likeness (QED) is 0.0887. The molecule has 2 N–H and O–H groups in total. The molecule has 24 heteroatoms. The maximum absolute atomic E-state index is 13.4. The number of aromatic amines is 1. The summed E-state index contributed by atoms with van der Waals surface area (Å²) in [6.07, 6.45) is 0. The first-order valence-corrected chi connectivity index (χ1v) is 16.5. The largest absolute Gasteiger partial charge is 1.00 e. The summed E-state index contributed by atoms with van der Waals surface area (Å²) in [6, 6.07) is 9.57. The molecule has 17 nitrogen and oxygen atoms in total. The zero-order chi connectivity index (χ0) is 33.1. The van der Waals surface area contributed by atoms with Crippen LogP contribution in [0.2, 0.25) is 5.28 Å². The molecule has 1 heterocycles. The molecule has 0 saturated carbocycles. The molecule has 0 unspecified atom stereocenters. The van der Waals surface area contributed by atoms with Crippen LogP contribution in [0.5, 0.6) is 5.75 Å². The number of anilines is 2. The summed E-state index contributed by atoms with van der Waals surface area (Å²) < 4.78 is 106. The minimum atomic E-state index is -5.42. The third-order valence-electron chi connectivity index (χ3n) is 6.32. The van der Waals surface area contributed by atoms with Gasteiger partial charge in [-0.1, -0.05) is 30.0 Å². The molecule has 0 aliphatic carbocycles. The molecule has 0 saturated heterocycles. The zero-order valence-corrected chi connectivity index (χ0v) is 34.3. The van der Waals surface area contributed by atoms with Gasteiger partial charge in [-0.25, -0.2) is 21.6 Å². The van der Waals surface area contributed by atoms with E-state index in [0.29, 0.717) is 0 Å². The van der Waals surface area contributed by atoms with E-state index in [9.17, 15) is 48.8 Å². The first kappa shape index (κ1) is 42.6. The van der Waals surface area contributed by atoms with Gasteiger partial charge in [0.2, 0.25) is 11.2 Å². The van der Waals surface area contributed by atoms with Crippen molar-refractivity contribution in [2.45, 2.75) is 14.7 Å². The maximum Gasteiger partial charge on any atom is 1.00 e. The zero-order valence-electron chi connectivity index (χ0n) is 25.1. The summed E-state index contributed by atoms with van der Waals surface area (Å²) in [7, 11) is -14.3. The van der Waals surface area contributed by atoms with Gasteiger partial charge in [0.25, 0.3) is 10.1 Å². The minimum absolute atomic E-state index is 0. The van der Waals surface area contributed by atoms with Gasteiger partial charge in [-0.2, -0.15) is 18.4 Å². The third kappa shape index (κ3) is 8.83. The van der Waals surface area contributed by atoms with Gasteiger partial charge >= 0.3 is 94.4 Å². The van der Waals surface area contributed by atoms with Crippen LogP contribution in [0.15, 0.2) is 84.3 Å². The van der Waals surface area contributed by atoms with Crippen LogP contribution in [0.4, 0.5) is 23.0 Å². The second-order valence-corrected chi connectivity index (χ2v) is 13.5. The summed E-state index contributed by atoms with van der Waals surface area (Å²) in [5, 5.41) is 19.2. The Morgan fingerprint density at radius 1 is 0.833 bits per heavy atom. The molecule has 0 aliphatic heterocycles. The van der Waals surface area contributed by atoms with Crippen LogP contribution in [0.1, 0.15) is 0 Å². The first-order chi connectivity index (χ1) is 20.9. The number of benzene rings is 4. The van der Waals surface area contributed by atoms with Crippen LogP contribution in [0.3, 0.4) is 0 Å². The molecule has 5 rings (SSSR count). The Bertz CT molecular complexity index is 2500. The van der Waals surface area contributed by atoms with Crippen LogP contribution < -0.4 is 104 Å². The number of halogens is 1. The summed E-state index contributed by atoms with van der Waals surface area (Å²) >= 11 is 5.77. The molecular formula is C24H14ClN6Na3O11S3. The van der Waals surface area contributed by atoms with Crippen LogP contribution in [0.25, 0.3) is 21.5 Å². The van der Waals surface area contributed by atoms with Crippen LogP contribution >= 0.6 is 11.6 Å². The van der Waals surface area contributed by atoms with E-state index in [4.69, 9.17) is 11.6 Å². The average Bonchev–Trinajstić information content (AvgIpc) is 2.93. The number of rotatable bonds is 7. The topological polar surface area (TPSA) is 278 Å². The van der Waals surface area contributed by atoms with Crippen molar-refractivity contribution in [3.63, 3.8) is 0 Å². The molecule has 0 aliphatic rings. The van der Waals surface area contributed by atoms with E-state index in [0.717, 1.165) is 36.4 Å². The molecule has 1 aromatic heterocycles. The van der Waals surface area contributed by atoms with Crippen molar-refractivity contribution >= 4 is 86.5 Å². The van der Waals surface area contributed by atoms with Crippen molar-refractivity contribution in [1.82, 2.24) is 15.0 Å². The standard InChI is InChI=1S/C24H17ClN6O11S3.3Na/c1-31(23-26-22(25)27-24(33)28-23)12-5-6-13-11(9-12)10-18(44(37,38)39)19(20(13)32)30-29-16-8-7-14-15(21(16)45(40,41)42)3-2-4-17(14)43(34,35)36;;;/h2-10,32H,1H3,(H,34,35,36)(H,37,38,39)(H,40,41,42)(H,26,27,28,33);;;/q;3*+1/p-3. The molecule has 234 valence electrons. The number of nitrogens with one attached hydrogen (secondary N) is 1. The predicted molar refractivity (Wildman–Crippen MR) is 153 cm³/mol. The Morgan fingerprint density at radius 3 is 2.04 bits per heavy atom. The van der Waals surface area contributed by atoms with Crippen molar-refractivity contribution in [2.75, 3.05) is 11.9 Å². The Morgan fingerprint density at radius 2 is 1.46 bits per heavy atom. The van der Waals surface area contributed by atoms with Gasteiger partial charge in [0, 0.05) is 23.5 Å².